The molecular formula is C22H18NP. The lowest BCUT2D eigenvalue weighted by Gasteiger charge is -2.21. The first-order valence-electron chi connectivity index (χ1n) is 8.33. The summed E-state index contributed by atoms with van der Waals surface area (Å²) in [6.07, 6.45) is 3.46. The molecule has 0 amide bonds. The Kier molecular flexibility index (Phi) is 4.16. The van der Waals surface area contributed by atoms with Crippen LogP contribution in [-0.4, -0.2) is 0 Å². The molecule has 0 saturated carbocycles. The van der Waals surface area contributed by atoms with E-state index >= 15 is 0 Å². The van der Waals surface area contributed by atoms with Crippen molar-refractivity contribution in [2.24, 2.45) is 0 Å². The summed E-state index contributed by atoms with van der Waals surface area (Å²) in [5.41, 5.74) is 3.64. The van der Waals surface area contributed by atoms with Crippen LogP contribution in [0.1, 0.15) is 23.1 Å². The van der Waals surface area contributed by atoms with Gasteiger partial charge >= 0.3 is 0 Å². The fourth-order valence-electron chi connectivity index (χ4n) is 3.47. The highest BCUT2D eigenvalue weighted by molar-refractivity contribution is 7.80. The van der Waals surface area contributed by atoms with Crippen molar-refractivity contribution in [3.8, 4) is 6.07 Å². The minimum atomic E-state index is -0.702. The Morgan fingerprint density at radius 2 is 1.29 bits per heavy atom. The normalized spacial score (nSPS) is 12.8. The summed E-state index contributed by atoms with van der Waals surface area (Å²) in [4.78, 5) is 0. The molecule has 4 rings (SSSR count). The molecule has 0 unspecified atom stereocenters. The Labute approximate surface area is 144 Å². The van der Waals surface area contributed by atoms with Gasteiger partial charge in [0.25, 0.3) is 0 Å². The topological polar surface area (TPSA) is 23.8 Å². The van der Waals surface area contributed by atoms with Crippen molar-refractivity contribution >= 4 is 23.8 Å². The average Bonchev–Trinajstić information content (AvgIpc) is 3.10. The van der Waals surface area contributed by atoms with Crippen molar-refractivity contribution in [3.05, 3.63) is 89.5 Å². The van der Waals surface area contributed by atoms with Crippen LogP contribution in [0.2, 0.25) is 0 Å². The minimum Gasteiger partial charge on any atom is -0.192 e. The maximum atomic E-state index is 9.75. The Balaban J connectivity index is 1.94. The molecule has 1 nitrogen and oxygen atoms in total. The van der Waals surface area contributed by atoms with Crippen LogP contribution < -0.4 is 15.9 Å². The lowest BCUT2D eigenvalue weighted by atomic mass is 10.1. The highest BCUT2D eigenvalue weighted by Gasteiger charge is 2.22. The first-order chi connectivity index (χ1) is 11.9. The Morgan fingerprint density at radius 3 is 1.83 bits per heavy atom. The van der Waals surface area contributed by atoms with E-state index in [0.29, 0.717) is 0 Å². The molecule has 0 radical (unpaired) electrons. The molecule has 0 heterocycles. The summed E-state index contributed by atoms with van der Waals surface area (Å²) in [6.45, 7) is 0. The second kappa shape index (κ2) is 6.60. The van der Waals surface area contributed by atoms with E-state index < -0.39 is 7.92 Å². The van der Waals surface area contributed by atoms with E-state index in [2.05, 4.69) is 78.9 Å². The predicted molar refractivity (Wildman–Crippen MR) is 102 cm³/mol. The van der Waals surface area contributed by atoms with Crippen LogP contribution in [0.25, 0.3) is 0 Å². The third kappa shape index (κ3) is 2.75. The molecule has 2 heteroatoms. The van der Waals surface area contributed by atoms with Crippen LogP contribution in [-0.2, 0) is 12.8 Å². The fourth-order valence-corrected chi connectivity index (χ4v) is 5.90. The van der Waals surface area contributed by atoms with Gasteiger partial charge in [0.1, 0.15) is 0 Å². The number of hydrogen-bond acceptors (Lipinski definition) is 1. The first-order valence-corrected chi connectivity index (χ1v) is 9.67. The monoisotopic (exact) mass is 327 g/mol. The van der Waals surface area contributed by atoms with Gasteiger partial charge in [-0.2, -0.15) is 5.26 Å². The van der Waals surface area contributed by atoms with Gasteiger partial charge in [0.05, 0.1) is 11.6 Å². The molecule has 116 valence electrons. The molecule has 0 aliphatic heterocycles. The number of nitriles is 1. The lowest BCUT2D eigenvalue weighted by Crippen LogP contribution is -2.23. The van der Waals surface area contributed by atoms with E-state index in [-0.39, 0.29) is 0 Å². The maximum Gasteiger partial charge on any atom is 0.0998 e. The summed E-state index contributed by atoms with van der Waals surface area (Å²) in [6, 6.07) is 28.1. The second-order valence-electron chi connectivity index (χ2n) is 6.11. The van der Waals surface area contributed by atoms with E-state index in [1.54, 1.807) is 0 Å². The fraction of sp³-hybridized carbons (Fsp3) is 0.136. The summed E-state index contributed by atoms with van der Waals surface area (Å²) in [5, 5.41) is 13.6. The smallest absolute Gasteiger partial charge is 0.0998 e. The molecule has 1 aliphatic carbocycles. The largest absolute Gasteiger partial charge is 0.192 e. The molecule has 0 saturated heterocycles. The van der Waals surface area contributed by atoms with E-state index in [9.17, 15) is 5.26 Å². The van der Waals surface area contributed by atoms with Gasteiger partial charge in [-0.05, 0) is 61.1 Å². The van der Waals surface area contributed by atoms with Gasteiger partial charge in [-0.3, -0.25) is 0 Å². The van der Waals surface area contributed by atoms with Gasteiger partial charge in [-0.1, -0.05) is 60.7 Å². The lowest BCUT2D eigenvalue weighted by molar-refractivity contribution is 0.912. The highest BCUT2D eigenvalue weighted by atomic mass is 31.1. The molecule has 0 aromatic heterocycles. The number of benzene rings is 3. The molecule has 3 aromatic carbocycles. The molecule has 24 heavy (non-hydrogen) atoms. The van der Waals surface area contributed by atoms with Crippen molar-refractivity contribution in [3.63, 3.8) is 0 Å². The highest BCUT2D eigenvalue weighted by Crippen LogP contribution is 2.36. The Morgan fingerprint density at radius 1 is 0.750 bits per heavy atom. The van der Waals surface area contributed by atoms with E-state index in [0.717, 1.165) is 18.4 Å². The van der Waals surface area contributed by atoms with Gasteiger partial charge in [0.2, 0.25) is 0 Å². The Bertz CT molecular complexity index is 855. The van der Waals surface area contributed by atoms with Gasteiger partial charge in [-0.15, -0.1) is 0 Å². The summed E-state index contributed by atoms with van der Waals surface area (Å²) in [7, 11) is -0.702. The molecule has 0 bridgehead atoms. The standard InChI is InChI=1S/C22H18NP/c23-16-19-14-17-8-7-9-18(17)15-22(19)24(20-10-3-1-4-11-20)21-12-5-2-6-13-21/h1-6,10-15H,7-9H2. The zero-order chi connectivity index (χ0) is 16.4. The molecule has 0 atom stereocenters. The van der Waals surface area contributed by atoms with Crippen molar-refractivity contribution in [2.75, 3.05) is 0 Å². The average molecular weight is 327 g/mol. The summed E-state index contributed by atoms with van der Waals surface area (Å²) < 4.78 is 0. The quantitative estimate of drug-likeness (QED) is 0.671. The number of rotatable bonds is 3. The van der Waals surface area contributed by atoms with E-state index in [4.69, 9.17) is 0 Å². The van der Waals surface area contributed by atoms with Crippen LogP contribution in [0.3, 0.4) is 0 Å². The van der Waals surface area contributed by atoms with Gasteiger partial charge < -0.3 is 0 Å². The molecule has 0 spiro atoms. The predicted octanol–water partition coefficient (Wildman–Crippen LogP) is 3.81. The van der Waals surface area contributed by atoms with Crippen LogP contribution in [0.5, 0.6) is 0 Å². The SMILES string of the molecule is N#Cc1cc2c(cc1P(c1ccccc1)c1ccccc1)CCC2. The molecule has 1 aliphatic rings. The van der Waals surface area contributed by atoms with Crippen molar-refractivity contribution in [1.29, 1.82) is 5.26 Å². The third-order valence-electron chi connectivity index (χ3n) is 4.60. The minimum absolute atomic E-state index is 0.702. The summed E-state index contributed by atoms with van der Waals surface area (Å²) in [5.74, 6) is 0. The van der Waals surface area contributed by atoms with Crippen molar-refractivity contribution in [2.45, 2.75) is 19.3 Å². The van der Waals surface area contributed by atoms with E-state index in [1.165, 1.54) is 33.5 Å². The van der Waals surface area contributed by atoms with Crippen molar-refractivity contribution in [1.82, 2.24) is 0 Å². The first kappa shape index (κ1) is 15.1. The summed E-state index contributed by atoms with van der Waals surface area (Å²) >= 11 is 0. The molecule has 0 fully saturated rings. The number of nitrogens with zero attached hydrogens (tertiary/aromatic N) is 1. The van der Waals surface area contributed by atoms with Gasteiger partial charge in [-0.25, -0.2) is 0 Å². The van der Waals surface area contributed by atoms with E-state index in [1.807, 2.05) is 0 Å². The van der Waals surface area contributed by atoms with Crippen LogP contribution >= 0.6 is 7.92 Å². The molecule has 0 N–H and O–H groups in total. The number of aryl methyl sites for hydroxylation is 2. The second-order valence-corrected chi connectivity index (χ2v) is 8.30. The van der Waals surface area contributed by atoms with Gasteiger partial charge in [0, 0.05) is 5.30 Å². The molecular weight excluding hydrogens is 309 g/mol. The zero-order valence-electron chi connectivity index (χ0n) is 13.4. The van der Waals surface area contributed by atoms with Crippen LogP contribution in [0.15, 0.2) is 72.8 Å². The van der Waals surface area contributed by atoms with Gasteiger partial charge in [0.15, 0.2) is 0 Å². The Hall–Kier alpha value is -2.42. The number of hydrogen-bond donors (Lipinski definition) is 0. The van der Waals surface area contributed by atoms with Crippen LogP contribution in [0.4, 0.5) is 0 Å². The van der Waals surface area contributed by atoms with Crippen LogP contribution in [0, 0.1) is 11.3 Å². The van der Waals surface area contributed by atoms with Crippen molar-refractivity contribution < 1.29 is 0 Å². The maximum absolute atomic E-state index is 9.75. The number of fused-ring (bicyclic) bond motifs is 1. The molecule has 3 aromatic rings. The zero-order valence-corrected chi connectivity index (χ0v) is 14.3. The third-order valence-corrected chi connectivity index (χ3v) is 7.08.